The van der Waals surface area contributed by atoms with Crippen LogP contribution < -0.4 is 11.1 Å². The van der Waals surface area contributed by atoms with E-state index in [1.165, 1.54) is 12.1 Å². The summed E-state index contributed by atoms with van der Waals surface area (Å²) in [4.78, 5) is 12.0. The normalized spacial score (nSPS) is 10.2. The van der Waals surface area contributed by atoms with Crippen molar-refractivity contribution < 1.29 is 9.18 Å². The molecule has 2 aromatic carbocycles. The third-order valence-electron chi connectivity index (χ3n) is 2.78. The predicted octanol–water partition coefficient (Wildman–Crippen LogP) is 3.40. The van der Waals surface area contributed by atoms with Crippen molar-refractivity contribution in [3.05, 3.63) is 63.9 Å². The molecule has 1 amide bonds. The second kappa shape index (κ2) is 6.78. The van der Waals surface area contributed by atoms with Crippen molar-refractivity contribution in [2.75, 3.05) is 5.32 Å². The minimum absolute atomic E-state index is 0.106. The highest BCUT2D eigenvalue weighted by atomic mass is 79.9. The Kier molecular flexibility index (Phi) is 5.03. The highest BCUT2D eigenvalue weighted by molar-refractivity contribution is 9.10. The number of anilines is 1. The topological polar surface area (TPSA) is 55.1 Å². The van der Waals surface area contributed by atoms with Gasteiger partial charge in [0.2, 0.25) is 5.91 Å². The van der Waals surface area contributed by atoms with Gasteiger partial charge in [-0.3, -0.25) is 4.79 Å². The third kappa shape index (κ3) is 4.34. The average molecular weight is 367 g/mol. The minimum Gasteiger partial charge on any atom is -0.389 e. The largest absolute Gasteiger partial charge is 0.389 e. The van der Waals surface area contributed by atoms with Gasteiger partial charge >= 0.3 is 0 Å². The van der Waals surface area contributed by atoms with Gasteiger partial charge in [-0.25, -0.2) is 4.39 Å². The Balaban J connectivity index is 2.08. The maximum atomic E-state index is 13.8. The molecule has 0 atom stereocenters. The van der Waals surface area contributed by atoms with E-state index < -0.39 is 5.82 Å². The summed E-state index contributed by atoms with van der Waals surface area (Å²) < 4.78 is 14.7. The van der Waals surface area contributed by atoms with Crippen LogP contribution in [0, 0.1) is 5.82 Å². The molecular weight excluding hydrogens is 355 g/mol. The maximum absolute atomic E-state index is 13.8. The van der Waals surface area contributed by atoms with E-state index in [9.17, 15) is 9.18 Å². The molecule has 0 aliphatic rings. The van der Waals surface area contributed by atoms with E-state index in [2.05, 4.69) is 21.2 Å². The number of hydrogen-bond donors (Lipinski definition) is 2. The fraction of sp³-hybridized carbons (Fsp3) is 0.0667. The lowest BCUT2D eigenvalue weighted by Crippen LogP contribution is -2.16. The van der Waals surface area contributed by atoms with Crippen molar-refractivity contribution in [3.8, 4) is 0 Å². The molecule has 2 aromatic rings. The van der Waals surface area contributed by atoms with Gasteiger partial charge in [-0.1, -0.05) is 40.3 Å². The van der Waals surface area contributed by atoms with Crippen LogP contribution >= 0.6 is 28.1 Å². The van der Waals surface area contributed by atoms with Crippen molar-refractivity contribution in [1.82, 2.24) is 0 Å². The molecule has 6 heteroatoms. The third-order valence-corrected chi connectivity index (χ3v) is 3.51. The second-order valence-electron chi connectivity index (χ2n) is 4.41. The molecule has 0 saturated carbocycles. The van der Waals surface area contributed by atoms with E-state index in [1.54, 1.807) is 6.07 Å². The van der Waals surface area contributed by atoms with Crippen molar-refractivity contribution >= 4 is 44.7 Å². The summed E-state index contributed by atoms with van der Waals surface area (Å²) in [7, 11) is 0. The zero-order valence-corrected chi connectivity index (χ0v) is 13.3. The van der Waals surface area contributed by atoms with Crippen molar-refractivity contribution in [2.45, 2.75) is 6.42 Å². The molecular formula is C15H12BrFN2OS. The quantitative estimate of drug-likeness (QED) is 0.815. The minimum atomic E-state index is -0.567. The van der Waals surface area contributed by atoms with Crippen LogP contribution in [0.4, 0.5) is 10.1 Å². The Labute approximate surface area is 135 Å². The number of benzene rings is 2. The first-order valence-electron chi connectivity index (χ1n) is 6.09. The molecule has 0 fully saturated rings. The zero-order valence-electron chi connectivity index (χ0n) is 10.9. The number of rotatable bonds is 4. The fourth-order valence-corrected chi connectivity index (χ4v) is 2.37. The Morgan fingerprint density at radius 3 is 2.67 bits per heavy atom. The van der Waals surface area contributed by atoms with Crippen LogP contribution in [-0.4, -0.2) is 10.9 Å². The van der Waals surface area contributed by atoms with Gasteiger partial charge in [-0.05, 0) is 35.9 Å². The van der Waals surface area contributed by atoms with Gasteiger partial charge in [0.15, 0.2) is 0 Å². The SMILES string of the molecule is NC(=S)c1ccc(NC(=O)Cc2cccc(Br)c2)c(F)c1. The highest BCUT2D eigenvalue weighted by Crippen LogP contribution is 2.17. The number of hydrogen-bond acceptors (Lipinski definition) is 2. The lowest BCUT2D eigenvalue weighted by Gasteiger charge is -2.08. The number of nitrogens with two attached hydrogens (primary N) is 1. The van der Waals surface area contributed by atoms with Crippen molar-refractivity contribution in [2.24, 2.45) is 5.73 Å². The van der Waals surface area contributed by atoms with Crippen LogP contribution in [0.15, 0.2) is 46.9 Å². The Morgan fingerprint density at radius 2 is 2.05 bits per heavy atom. The molecule has 2 rings (SSSR count). The summed E-state index contributed by atoms with van der Waals surface area (Å²) in [5, 5.41) is 2.53. The molecule has 0 heterocycles. The van der Waals surface area contributed by atoms with Gasteiger partial charge in [0, 0.05) is 10.0 Å². The molecule has 0 saturated heterocycles. The summed E-state index contributed by atoms with van der Waals surface area (Å²) in [6.07, 6.45) is 0.163. The van der Waals surface area contributed by atoms with E-state index in [0.29, 0.717) is 5.56 Å². The summed E-state index contributed by atoms with van der Waals surface area (Å²) in [5.41, 5.74) is 6.79. The number of nitrogens with one attached hydrogen (secondary N) is 1. The van der Waals surface area contributed by atoms with E-state index in [0.717, 1.165) is 10.0 Å². The van der Waals surface area contributed by atoms with E-state index in [4.69, 9.17) is 18.0 Å². The van der Waals surface area contributed by atoms with Crippen LogP contribution in [0.25, 0.3) is 0 Å². The van der Waals surface area contributed by atoms with E-state index >= 15 is 0 Å². The lowest BCUT2D eigenvalue weighted by molar-refractivity contribution is -0.115. The summed E-state index contributed by atoms with van der Waals surface area (Å²) in [6, 6.07) is 11.6. The standard InChI is InChI=1S/C15H12BrFN2OS/c16-11-3-1-2-9(6-11)7-14(20)19-13-5-4-10(15(18)21)8-12(13)17/h1-6,8H,7H2,(H2,18,21)(H,19,20). The summed E-state index contributed by atoms with van der Waals surface area (Å²) in [5.74, 6) is -0.863. The smallest absolute Gasteiger partial charge is 0.228 e. The molecule has 0 radical (unpaired) electrons. The van der Waals surface area contributed by atoms with Crippen molar-refractivity contribution in [1.29, 1.82) is 0 Å². The molecule has 3 N–H and O–H groups in total. The molecule has 0 aliphatic heterocycles. The first kappa shape index (κ1) is 15.6. The summed E-state index contributed by atoms with van der Waals surface area (Å²) in [6.45, 7) is 0. The average Bonchev–Trinajstić information content (AvgIpc) is 2.40. The van der Waals surface area contributed by atoms with Crippen LogP contribution in [-0.2, 0) is 11.2 Å². The monoisotopic (exact) mass is 366 g/mol. The van der Waals surface area contributed by atoms with Crippen LogP contribution in [0.5, 0.6) is 0 Å². The second-order valence-corrected chi connectivity index (χ2v) is 5.77. The summed E-state index contributed by atoms with van der Waals surface area (Å²) >= 11 is 8.11. The molecule has 0 aromatic heterocycles. The molecule has 0 bridgehead atoms. The Bertz CT molecular complexity index is 706. The Morgan fingerprint density at radius 1 is 1.29 bits per heavy atom. The molecule has 3 nitrogen and oxygen atoms in total. The fourth-order valence-electron chi connectivity index (χ4n) is 1.80. The van der Waals surface area contributed by atoms with Gasteiger partial charge < -0.3 is 11.1 Å². The van der Waals surface area contributed by atoms with Crippen LogP contribution in [0.1, 0.15) is 11.1 Å². The van der Waals surface area contributed by atoms with Gasteiger partial charge in [-0.2, -0.15) is 0 Å². The molecule has 0 aliphatic carbocycles. The van der Waals surface area contributed by atoms with Crippen LogP contribution in [0.3, 0.4) is 0 Å². The van der Waals surface area contributed by atoms with Crippen molar-refractivity contribution in [3.63, 3.8) is 0 Å². The maximum Gasteiger partial charge on any atom is 0.228 e. The number of amides is 1. The molecule has 0 spiro atoms. The first-order valence-corrected chi connectivity index (χ1v) is 7.29. The predicted molar refractivity (Wildman–Crippen MR) is 88.8 cm³/mol. The van der Waals surface area contributed by atoms with Crippen LogP contribution in [0.2, 0.25) is 0 Å². The Hall–Kier alpha value is -1.79. The van der Waals surface area contributed by atoms with Gasteiger partial charge in [-0.15, -0.1) is 0 Å². The number of carbonyl (C=O) groups is 1. The molecule has 108 valence electrons. The highest BCUT2D eigenvalue weighted by Gasteiger charge is 2.09. The molecule has 0 unspecified atom stereocenters. The zero-order chi connectivity index (χ0) is 15.4. The number of halogens is 2. The van der Waals surface area contributed by atoms with Gasteiger partial charge in [0.05, 0.1) is 12.1 Å². The number of thiocarbonyl (C=S) groups is 1. The van der Waals surface area contributed by atoms with Gasteiger partial charge in [0.1, 0.15) is 10.8 Å². The number of carbonyl (C=O) groups excluding carboxylic acids is 1. The van der Waals surface area contributed by atoms with E-state index in [-0.39, 0.29) is 23.0 Å². The van der Waals surface area contributed by atoms with E-state index in [1.807, 2.05) is 24.3 Å². The lowest BCUT2D eigenvalue weighted by atomic mass is 10.1. The molecule has 21 heavy (non-hydrogen) atoms. The first-order chi connectivity index (χ1) is 9.95. The van der Waals surface area contributed by atoms with Gasteiger partial charge in [0.25, 0.3) is 0 Å².